The van der Waals surface area contributed by atoms with E-state index in [9.17, 15) is 0 Å². The Balaban J connectivity index is -0.0000000910. The second kappa shape index (κ2) is 16.1. The van der Waals surface area contributed by atoms with Crippen LogP contribution < -0.4 is 29.6 Å². The van der Waals surface area contributed by atoms with Crippen LogP contribution in [-0.2, 0) is 4.74 Å². The van der Waals surface area contributed by atoms with Crippen molar-refractivity contribution < 1.29 is 49.3 Å². The van der Waals surface area contributed by atoms with E-state index in [2.05, 4.69) is 11.7 Å². The number of rotatable bonds is 2. The second-order valence-corrected chi connectivity index (χ2v) is 1.13. The van der Waals surface area contributed by atoms with Crippen LogP contribution in [-0.4, -0.2) is 30.1 Å². The van der Waals surface area contributed by atoms with Gasteiger partial charge < -0.3 is 21.9 Å². The van der Waals surface area contributed by atoms with Crippen LogP contribution in [0.25, 0.3) is 0 Å². The topological polar surface area (TPSA) is 66.8 Å². The molecule has 0 heterocycles. The number of ether oxygens (including phenoxy) is 1. The van der Waals surface area contributed by atoms with Crippen molar-refractivity contribution in [1.29, 1.82) is 0 Å². The Kier molecular flexibility index (Phi) is 26.9. The van der Waals surface area contributed by atoms with Crippen LogP contribution in [0.15, 0.2) is 0 Å². The summed E-state index contributed by atoms with van der Waals surface area (Å²) in [4.78, 5) is 8.56. The summed E-state index contributed by atoms with van der Waals surface area (Å²) in [5.74, 6) is 0. The largest absolute Gasteiger partial charge is 1.00 e. The Bertz CT molecular complexity index is 60.7. The molecule has 0 aromatic carbocycles. The molecule has 0 aliphatic carbocycles. The summed E-state index contributed by atoms with van der Waals surface area (Å²) in [6.45, 7) is 4.33. The smallest absolute Gasteiger partial charge is 0.450 e. The van der Waals surface area contributed by atoms with Gasteiger partial charge in [0.1, 0.15) is 0 Å². The zero-order valence-electron chi connectivity index (χ0n) is 6.33. The first-order chi connectivity index (χ1) is 4.15. The molecule has 0 aliphatic heterocycles. The molecule has 0 aromatic heterocycles. The fourth-order valence-electron chi connectivity index (χ4n) is 0.144. The molecule has 0 spiro atoms. The van der Waals surface area contributed by atoms with Crippen molar-refractivity contribution in [2.45, 2.75) is 6.42 Å². The summed E-state index contributed by atoms with van der Waals surface area (Å²) in [6.07, 6.45) is -0.962. The van der Waals surface area contributed by atoms with Crippen molar-refractivity contribution in [3.05, 3.63) is 6.92 Å². The maximum absolute atomic E-state index is 8.56. The molecular formula is C5H11NaO4. The van der Waals surface area contributed by atoms with Gasteiger partial charge in [-0.1, -0.05) is 0 Å². The Hall–Kier alpha value is 0.230. The van der Waals surface area contributed by atoms with E-state index in [1.807, 2.05) is 0 Å². The maximum atomic E-state index is 8.56. The molecule has 0 aliphatic rings. The molecule has 0 rings (SSSR count). The van der Waals surface area contributed by atoms with Crippen LogP contribution in [0.5, 0.6) is 0 Å². The van der Waals surface area contributed by atoms with Gasteiger partial charge in [0.25, 0.3) is 0 Å². The third-order valence-electron chi connectivity index (χ3n) is 0.348. The van der Waals surface area contributed by atoms with E-state index in [-0.39, 0.29) is 29.6 Å². The molecule has 0 aromatic rings. The van der Waals surface area contributed by atoms with Crippen molar-refractivity contribution in [1.82, 2.24) is 0 Å². The van der Waals surface area contributed by atoms with Crippen molar-refractivity contribution in [3.8, 4) is 0 Å². The first kappa shape index (κ1) is 16.7. The average molecular weight is 158 g/mol. The van der Waals surface area contributed by atoms with Crippen molar-refractivity contribution in [2.75, 3.05) is 13.7 Å². The summed E-state index contributed by atoms with van der Waals surface area (Å²) >= 11 is 0. The van der Waals surface area contributed by atoms with Crippen LogP contribution in [0.1, 0.15) is 6.42 Å². The first-order valence-corrected chi connectivity index (χ1v) is 2.35. The minimum absolute atomic E-state index is 0. The van der Waals surface area contributed by atoms with E-state index in [1.54, 1.807) is 7.11 Å². The van der Waals surface area contributed by atoms with Crippen LogP contribution in [0.4, 0.5) is 4.79 Å². The minimum Gasteiger partial charge on any atom is -0.450 e. The zero-order chi connectivity index (χ0) is 7.70. The molecule has 56 valence electrons. The van der Waals surface area contributed by atoms with E-state index in [0.717, 1.165) is 13.0 Å². The Morgan fingerprint density at radius 1 is 1.60 bits per heavy atom. The van der Waals surface area contributed by atoms with Crippen molar-refractivity contribution >= 4 is 6.16 Å². The molecule has 0 unspecified atom stereocenters. The van der Waals surface area contributed by atoms with E-state index < -0.39 is 6.16 Å². The molecule has 2 N–H and O–H groups in total. The molecule has 0 atom stereocenters. The molecule has 4 nitrogen and oxygen atoms in total. The predicted molar refractivity (Wildman–Crippen MR) is 32.5 cm³/mol. The molecule has 0 radical (unpaired) electrons. The van der Waals surface area contributed by atoms with E-state index >= 15 is 0 Å². The third-order valence-corrected chi connectivity index (χ3v) is 0.348. The predicted octanol–water partition coefficient (Wildman–Crippen LogP) is -1.92. The van der Waals surface area contributed by atoms with Gasteiger partial charge in [-0.05, 0) is 0 Å². The molecule has 0 bridgehead atoms. The SMILES string of the molecule is O=C(O)O.[CH2-]CCOC.[Na+]. The van der Waals surface area contributed by atoms with Crippen LogP contribution in [0, 0.1) is 6.92 Å². The fourth-order valence-corrected chi connectivity index (χ4v) is 0.144. The van der Waals surface area contributed by atoms with Gasteiger partial charge in [-0.3, -0.25) is 0 Å². The molecule has 5 heteroatoms. The quantitative estimate of drug-likeness (QED) is 0.363. The van der Waals surface area contributed by atoms with Gasteiger partial charge in [0.05, 0.1) is 0 Å². The molecular weight excluding hydrogens is 147 g/mol. The number of carboxylic acid groups (broad SMARTS) is 2. The van der Waals surface area contributed by atoms with Gasteiger partial charge in [0.2, 0.25) is 0 Å². The van der Waals surface area contributed by atoms with E-state index in [4.69, 9.17) is 15.0 Å². The van der Waals surface area contributed by atoms with Gasteiger partial charge >= 0.3 is 35.7 Å². The van der Waals surface area contributed by atoms with Gasteiger partial charge in [-0.15, -0.1) is 0 Å². The summed E-state index contributed by atoms with van der Waals surface area (Å²) in [7, 11) is 1.67. The van der Waals surface area contributed by atoms with Crippen LogP contribution >= 0.6 is 0 Å². The number of hydrogen-bond acceptors (Lipinski definition) is 2. The fraction of sp³-hybridized carbons (Fsp3) is 0.600. The van der Waals surface area contributed by atoms with Crippen molar-refractivity contribution in [3.63, 3.8) is 0 Å². The molecule has 0 fully saturated rings. The minimum atomic E-state index is -1.83. The summed E-state index contributed by atoms with van der Waals surface area (Å²) in [5.41, 5.74) is 0. The average Bonchev–Trinajstić information content (AvgIpc) is 1.66. The Morgan fingerprint density at radius 2 is 1.90 bits per heavy atom. The molecule has 0 amide bonds. The van der Waals surface area contributed by atoms with Gasteiger partial charge in [0.15, 0.2) is 0 Å². The van der Waals surface area contributed by atoms with Gasteiger partial charge in [-0.2, -0.15) is 6.42 Å². The van der Waals surface area contributed by atoms with E-state index in [0.29, 0.717) is 0 Å². The standard InChI is InChI=1S/C4H9O.CH2O3.Na/c1-3-4-5-2;2-1(3)4;/h1,3-4H2,2H3;(H2,2,3,4);/q-1;;+1. The number of methoxy groups -OCH3 is 1. The summed E-state index contributed by atoms with van der Waals surface area (Å²) in [5, 5.41) is 13.9. The summed E-state index contributed by atoms with van der Waals surface area (Å²) < 4.78 is 4.63. The second-order valence-electron chi connectivity index (χ2n) is 1.13. The Labute approximate surface area is 82.5 Å². The normalized spacial score (nSPS) is 6.60. The summed E-state index contributed by atoms with van der Waals surface area (Å²) in [6, 6.07) is 0. The monoisotopic (exact) mass is 158 g/mol. The zero-order valence-corrected chi connectivity index (χ0v) is 8.33. The van der Waals surface area contributed by atoms with Gasteiger partial charge in [-0.25, -0.2) is 4.79 Å². The Morgan fingerprint density at radius 3 is 1.90 bits per heavy atom. The number of carbonyl (C=O) groups is 1. The molecule has 0 saturated carbocycles. The van der Waals surface area contributed by atoms with Gasteiger partial charge in [0, 0.05) is 13.7 Å². The van der Waals surface area contributed by atoms with Crippen LogP contribution in [0.3, 0.4) is 0 Å². The maximum Gasteiger partial charge on any atom is 1.00 e. The first-order valence-electron chi connectivity index (χ1n) is 2.35. The van der Waals surface area contributed by atoms with Crippen molar-refractivity contribution in [2.24, 2.45) is 0 Å². The molecule has 10 heavy (non-hydrogen) atoms. The van der Waals surface area contributed by atoms with Crippen LogP contribution in [0.2, 0.25) is 0 Å². The van der Waals surface area contributed by atoms with E-state index in [1.165, 1.54) is 0 Å². The number of hydrogen-bond donors (Lipinski definition) is 2. The third kappa shape index (κ3) is 86.5. The molecule has 0 saturated heterocycles.